The second-order valence-electron chi connectivity index (χ2n) is 5.66. The molecule has 7 nitrogen and oxygen atoms in total. The van der Waals surface area contributed by atoms with Crippen molar-refractivity contribution < 1.29 is 9.53 Å². The number of amides is 1. The molecule has 0 atom stereocenters. The molecule has 1 amide bonds. The maximum absolute atomic E-state index is 12.3. The van der Waals surface area contributed by atoms with Crippen molar-refractivity contribution >= 4 is 17.3 Å². The van der Waals surface area contributed by atoms with Gasteiger partial charge in [0, 0.05) is 11.3 Å². The summed E-state index contributed by atoms with van der Waals surface area (Å²) in [6.07, 6.45) is 0. The fraction of sp³-hybridized carbons (Fsp3) is 0.105. The summed E-state index contributed by atoms with van der Waals surface area (Å²) in [4.78, 5) is 12.3. The smallest absolute Gasteiger partial charge is 0.289 e. The van der Waals surface area contributed by atoms with Gasteiger partial charge >= 0.3 is 0 Å². The monoisotopic (exact) mass is 349 g/mol. The van der Waals surface area contributed by atoms with E-state index in [1.165, 1.54) is 0 Å². The molecule has 0 aliphatic heterocycles. The van der Waals surface area contributed by atoms with Crippen LogP contribution in [0.4, 0.5) is 5.69 Å². The highest BCUT2D eigenvalue weighted by molar-refractivity contribution is 6.00. The molecule has 0 unspecified atom stereocenters. The molecule has 2 aromatic carbocycles. The lowest BCUT2D eigenvalue weighted by Crippen LogP contribution is -2.19. The van der Waals surface area contributed by atoms with Crippen LogP contribution >= 0.6 is 0 Å². The summed E-state index contributed by atoms with van der Waals surface area (Å²) >= 11 is 0. The zero-order chi connectivity index (χ0) is 18.5. The number of benzene rings is 2. The van der Waals surface area contributed by atoms with Gasteiger partial charge in [-0.05, 0) is 55.0 Å². The summed E-state index contributed by atoms with van der Waals surface area (Å²) in [5.41, 5.74) is 12.3. The number of carbonyl (C=O) groups excluding carboxylic acids is 1. The summed E-state index contributed by atoms with van der Waals surface area (Å²) in [7, 11) is 1.61. The number of nitrogens with two attached hydrogens (primary N) is 1. The number of hydrogen-bond donors (Lipinski definition) is 3. The van der Waals surface area contributed by atoms with Crippen molar-refractivity contribution in [2.45, 2.75) is 6.92 Å². The summed E-state index contributed by atoms with van der Waals surface area (Å²) in [6.45, 7) is 1.81. The summed E-state index contributed by atoms with van der Waals surface area (Å²) in [5, 5.41) is 11.0. The Morgan fingerprint density at radius 2 is 1.85 bits per heavy atom. The summed E-state index contributed by atoms with van der Waals surface area (Å²) in [5.74, 6) is 0.391. The SMILES string of the molecule is COc1ccc(-c2cc(C(=O)N/N=C(\C)c3ccc(N)cc3)[nH]n2)cc1. The average Bonchev–Trinajstić information content (AvgIpc) is 3.17. The third-order valence-corrected chi connectivity index (χ3v) is 3.86. The van der Waals surface area contributed by atoms with Gasteiger partial charge < -0.3 is 10.5 Å². The van der Waals surface area contributed by atoms with Crippen LogP contribution in [0.25, 0.3) is 11.3 Å². The number of ether oxygens (including phenoxy) is 1. The van der Waals surface area contributed by atoms with E-state index < -0.39 is 0 Å². The zero-order valence-electron chi connectivity index (χ0n) is 14.5. The van der Waals surface area contributed by atoms with E-state index in [0.717, 1.165) is 16.9 Å². The Balaban J connectivity index is 1.69. The third kappa shape index (κ3) is 3.89. The number of hydrazone groups is 1. The third-order valence-electron chi connectivity index (χ3n) is 3.86. The Bertz CT molecular complexity index is 927. The average molecular weight is 349 g/mol. The van der Waals surface area contributed by atoms with Crippen LogP contribution in [0.15, 0.2) is 59.7 Å². The first kappa shape index (κ1) is 17.2. The van der Waals surface area contributed by atoms with E-state index in [-0.39, 0.29) is 5.91 Å². The number of anilines is 1. The van der Waals surface area contributed by atoms with E-state index in [9.17, 15) is 4.79 Å². The largest absolute Gasteiger partial charge is 0.497 e. The van der Waals surface area contributed by atoms with Crippen molar-refractivity contribution in [1.82, 2.24) is 15.6 Å². The maximum atomic E-state index is 12.3. The predicted molar refractivity (Wildman–Crippen MR) is 101 cm³/mol. The molecule has 3 aromatic rings. The molecule has 1 aromatic heterocycles. The van der Waals surface area contributed by atoms with Crippen LogP contribution in [0.5, 0.6) is 5.75 Å². The molecule has 1 heterocycles. The molecular formula is C19H19N5O2. The lowest BCUT2D eigenvalue weighted by Gasteiger charge is -2.02. The molecule has 7 heteroatoms. The first-order chi connectivity index (χ1) is 12.6. The lowest BCUT2D eigenvalue weighted by atomic mass is 10.1. The number of nitrogens with one attached hydrogen (secondary N) is 2. The normalized spacial score (nSPS) is 11.2. The number of rotatable bonds is 5. The molecule has 0 saturated carbocycles. The molecule has 0 bridgehead atoms. The summed E-state index contributed by atoms with van der Waals surface area (Å²) in [6, 6.07) is 16.4. The second-order valence-corrected chi connectivity index (χ2v) is 5.66. The molecule has 4 N–H and O–H groups in total. The van der Waals surface area contributed by atoms with Crippen LogP contribution in [0.1, 0.15) is 23.0 Å². The Labute approximate surface area is 150 Å². The molecule has 0 fully saturated rings. The van der Waals surface area contributed by atoms with Crippen molar-refractivity contribution in [1.29, 1.82) is 0 Å². The molecule has 0 spiro atoms. The van der Waals surface area contributed by atoms with Crippen LogP contribution in [-0.2, 0) is 0 Å². The molecule has 3 rings (SSSR count). The van der Waals surface area contributed by atoms with Crippen LogP contribution in [0.3, 0.4) is 0 Å². The van der Waals surface area contributed by atoms with E-state index >= 15 is 0 Å². The zero-order valence-corrected chi connectivity index (χ0v) is 14.5. The van der Waals surface area contributed by atoms with Crippen LogP contribution in [-0.4, -0.2) is 28.9 Å². The minimum Gasteiger partial charge on any atom is -0.497 e. The molecule has 26 heavy (non-hydrogen) atoms. The molecule has 0 aliphatic rings. The van der Waals surface area contributed by atoms with E-state index in [4.69, 9.17) is 10.5 Å². The quantitative estimate of drug-likeness (QED) is 0.374. The Morgan fingerprint density at radius 3 is 2.50 bits per heavy atom. The van der Waals surface area contributed by atoms with Gasteiger partial charge in [-0.15, -0.1) is 0 Å². The van der Waals surface area contributed by atoms with Crippen molar-refractivity contribution in [3.05, 3.63) is 65.9 Å². The van der Waals surface area contributed by atoms with Gasteiger partial charge in [0.2, 0.25) is 0 Å². The number of methoxy groups -OCH3 is 1. The summed E-state index contributed by atoms with van der Waals surface area (Å²) < 4.78 is 5.13. The number of hydrogen-bond acceptors (Lipinski definition) is 5. The Hall–Kier alpha value is -3.61. The van der Waals surface area contributed by atoms with Crippen LogP contribution in [0, 0.1) is 0 Å². The first-order valence-corrected chi connectivity index (χ1v) is 7.97. The highest BCUT2D eigenvalue weighted by Crippen LogP contribution is 2.21. The number of aromatic nitrogens is 2. The Kier molecular flexibility index (Phi) is 4.98. The number of aromatic amines is 1. The van der Waals surface area contributed by atoms with E-state index in [0.29, 0.717) is 22.8 Å². The molecular weight excluding hydrogens is 330 g/mol. The fourth-order valence-electron chi connectivity index (χ4n) is 2.33. The van der Waals surface area contributed by atoms with Crippen molar-refractivity contribution in [2.75, 3.05) is 12.8 Å². The van der Waals surface area contributed by atoms with Crippen LogP contribution < -0.4 is 15.9 Å². The van der Waals surface area contributed by atoms with Crippen LogP contribution in [0.2, 0.25) is 0 Å². The highest BCUT2D eigenvalue weighted by atomic mass is 16.5. The van der Waals surface area contributed by atoms with Crippen molar-refractivity contribution in [2.24, 2.45) is 5.10 Å². The highest BCUT2D eigenvalue weighted by Gasteiger charge is 2.11. The molecule has 0 radical (unpaired) electrons. The van der Waals surface area contributed by atoms with Crippen molar-refractivity contribution in [3.63, 3.8) is 0 Å². The Morgan fingerprint density at radius 1 is 1.15 bits per heavy atom. The van der Waals surface area contributed by atoms with Gasteiger partial charge in [0.15, 0.2) is 0 Å². The standard InChI is InChI=1S/C19H19N5O2/c1-12(13-3-7-15(20)8-4-13)21-24-19(25)18-11-17(22-23-18)14-5-9-16(26-2)10-6-14/h3-11H,20H2,1-2H3,(H,22,23)(H,24,25)/b21-12+. The first-order valence-electron chi connectivity index (χ1n) is 7.97. The lowest BCUT2D eigenvalue weighted by molar-refractivity contribution is 0.0950. The molecule has 0 aliphatic carbocycles. The van der Waals surface area contributed by atoms with E-state index in [1.807, 2.05) is 43.3 Å². The maximum Gasteiger partial charge on any atom is 0.289 e. The number of nitrogen functional groups attached to an aromatic ring is 1. The molecule has 0 saturated heterocycles. The van der Waals surface area contributed by atoms with Crippen molar-refractivity contribution in [3.8, 4) is 17.0 Å². The minimum atomic E-state index is -0.368. The molecule has 132 valence electrons. The van der Waals surface area contributed by atoms with Gasteiger partial charge in [-0.1, -0.05) is 12.1 Å². The predicted octanol–water partition coefficient (Wildman–Crippen LogP) is 2.82. The van der Waals surface area contributed by atoms with E-state index in [2.05, 4.69) is 20.7 Å². The van der Waals surface area contributed by atoms with Gasteiger partial charge in [0.1, 0.15) is 11.4 Å². The van der Waals surface area contributed by atoms with Gasteiger partial charge in [-0.2, -0.15) is 10.2 Å². The fourth-order valence-corrected chi connectivity index (χ4v) is 2.33. The van der Waals surface area contributed by atoms with Gasteiger partial charge in [0.25, 0.3) is 5.91 Å². The second kappa shape index (κ2) is 7.52. The topological polar surface area (TPSA) is 105 Å². The minimum absolute atomic E-state index is 0.324. The number of nitrogens with zero attached hydrogens (tertiary/aromatic N) is 2. The van der Waals surface area contributed by atoms with E-state index in [1.54, 1.807) is 25.3 Å². The number of H-pyrrole nitrogens is 1. The van der Waals surface area contributed by atoms with Gasteiger partial charge in [-0.25, -0.2) is 5.43 Å². The number of carbonyl (C=O) groups is 1. The van der Waals surface area contributed by atoms with Gasteiger partial charge in [-0.3, -0.25) is 9.89 Å². The van der Waals surface area contributed by atoms with Gasteiger partial charge in [0.05, 0.1) is 18.5 Å².